The third kappa shape index (κ3) is 2.84. The zero-order valence-electron chi connectivity index (χ0n) is 10.3. The Kier molecular flexibility index (Phi) is 3.83. The van der Waals surface area contributed by atoms with Crippen molar-refractivity contribution in [1.82, 2.24) is 5.32 Å². The molecule has 1 aromatic rings. The van der Waals surface area contributed by atoms with Gasteiger partial charge in [-0.2, -0.15) is 0 Å². The first-order valence-electron chi connectivity index (χ1n) is 6.66. The van der Waals surface area contributed by atoms with E-state index in [4.69, 9.17) is 11.6 Å². The van der Waals surface area contributed by atoms with Crippen molar-refractivity contribution in [3.8, 4) is 0 Å². The summed E-state index contributed by atoms with van der Waals surface area (Å²) < 4.78 is 1.03. The second kappa shape index (κ2) is 5.40. The van der Waals surface area contributed by atoms with Gasteiger partial charge in [0, 0.05) is 19.1 Å². The molecular formula is C14H18BrClN2. The second-order valence-electron chi connectivity index (χ2n) is 5.36. The lowest BCUT2D eigenvalue weighted by Crippen LogP contribution is -2.27. The number of anilines is 1. The van der Waals surface area contributed by atoms with E-state index in [-0.39, 0.29) is 0 Å². The van der Waals surface area contributed by atoms with Crippen LogP contribution in [-0.2, 0) is 0 Å². The highest BCUT2D eigenvalue weighted by atomic mass is 79.9. The van der Waals surface area contributed by atoms with Gasteiger partial charge in [-0.05, 0) is 59.8 Å². The Morgan fingerprint density at radius 2 is 2.17 bits per heavy atom. The number of rotatable bonds is 4. The predicted molar refractivity (Wildman–Crippen MR) is 80.5 cm³/mol. The molecule has 1 atom stereocenters. The molecule has 1 heterocycles. The number of hydrogen-bond donors (Lipinski definition) is 1. The summed E-state index contributed by atoms with van der Waals surface area (Å²) in [6.07, 6.45) is 4.02. The Hall–Kier alpha value is -0.250. The molecule has 18 heavy (non-hydrogen) atoms. The van der Waals surface area contributed by atoms with Crippen LogP contribution in [0.3, 0.4) is 0 Å². The van der Waals surface area contributed by atoms with E-state index in [2.05, 4.69) is 32.2 Å². The zero-order chi connectivity index (χ0) is 12.5. The maximum Gasteiger partial charge on any atom is 0.0595 e. The van der Waals surface area contributed by atoms with Crippen LogP contribution >= 0.6 is 27.5 Å². The molecule has 98 valence electrons. The molecule has 1 saturated heterocycles. The van der Waals surface area contributed by atoms with Crippen LogP contribution in [-0.4, -0.2) is 25.7 Å². The number of nitrogens with one attached hydrogen (secondary N) is 1. The fourth-order valence-corrected chi connectivity index (χ4v) is 3.26. The summed E-state index contributed by atoms with van der Waals surface area (Å²) in [4.78, 5) is 2.44. The standard InChI is InChI=1S/C14H18BrClN2/c15-14-12(16)2-1-3-13(14)18-7-6-10(9-18)8-17-11-4-5-11/h1-3,10-11,17H,4-9H2. The highest BCUT2D eigenvalue weighted by Gasteiger charge is 2.27. The van der Waals surface area contributed by atoms with Crippen LogP contribution < -0.4 is 10.2 Å². The van der Waals surface area contributed by atoms with Gasteiger partial charge in [0.25, 0.3) is 0 Å². The molecule has 1 aliphatic heterocycles. The first-order chi connectivity index (χ1) is 8.74. The first kappa shape index (κ1) is 12.8. The molecule has 2 fully saturated rings. The fourth-order valence-electron chi connectivity index (χ4n) is 2.58. The van der Waals surface area contributed by atoms with E-state index in [9.17, 15) is 0 Å². The summed E-state index contributed by atoms with van der Waals surface area (Å²) in [6, 6.07) is 6.92. The molecule has 0 aromatic heterocycles. The van der Waals surface area contributed by atoms with Gasteiger partial charge in [-0.1, -0.05) is 17.7 Å². The van der Waals surface area contributed by atoms with Gasteiger partial charge in [0.05, 0.1) is 15.2 Å². The molecule has 4 heteroatoms. The number of benzene rings is 1. The van der Waals surface area contributed by atoms with Crippen molar-refractivity contribution in [3.63, 3.8) is 0 Å². The van der Waals surface area contributed by atoms with Crippen LogP contribution in [0.2, 0.25) is 5.02 Å². The van der Waals surface area contributed by atoms with Crippen LogP contribution in [0.4, 0.5) is 5.69 Å². The van der Waals surface area contributed by atoms with Gasteiger partial charge >= 0.3 is 0 Å². The Morgan fingerprint density at radius 3 is 2.94 bits per heavy atom. The van der Waals surface area contributed by atoms with E-state index >= 15 is 0 Å². The molecule has 2 aliphatic rings. The monoisotopic (exact) mass is 328 g/mol. The fraction of sp³-hybridized carbons (Fsp3) is 0.571. The Labute approximate surface area is 122 Å². The topological polar surface area (TPSA) is 15.3 Å². The zero-order valence-corrected chi connectivity index (χ0v) is 12.7. The van der Waals surface area contributed by atoms with E-state index in [0.29, 0.717) is 0 Å². The van der Waals surface area contributed by atoms with E-state index in [0.717, 1.165) is 34.5 Å². The summed E-state index contributed by atoms with van der Waals surface area (Å²) in [5, 5.41) is 4.43. The molecule has 1 saturated carbocycles. The molecule has 1 unspecified atom stereocenters. The van der Waals surface area contributed by atoms with Crippen LogP contribution in [0.15, 0.2) is 22.7 Å². The summed E-state index contributed by atoms with van der Waals surface area (Å²) in [5.41, 5.74) is 1.23. The molecule has 1 aromatic carbocycles. The van der Waals surface area contributed by atoms with Crippen molar-refractivity contribution in [2.24, 2.45) is 5.92 Å². The summed E-state index contributed by atoms with van der Waals surface area (Å²) >= 11 is 9.75. The van der Waals surface area contributed by atoms with Crippen LogP contribution in [0.5, 0.6) is 0 Å². The second-order valence-corrected chi connectivity index (χ2v) is 6.56. The molecule has 2 nitrogen and oxygen atoms in total. The lowest BCUT2D eigenvalue weighted by atomic mass is 10.1. The molecular weight excluding hydrogens is 312 g/mol. The number of halogens is 2. The van der Waals surface area contributed by atoms with E-state index in [1.165, 1.54) is 31.5 Å². The molecule has 0 bridgehead atoms. The number of hydrogen-bond acceptors (Lipinski definition) is 2. The predicted octanol–water partition coefficient (Wildman–Crippen LogP) is 3.68. The van der Waals surface area contributed by atoms with E-state index in [1.54, 1.807) is 0 Å². The third-order valence-electron chi connectivity index (χ3n) is 3.83. The molecule has 1 N–H and O–H groups in total. The SMILES string of the molecule is Clc1cccc(N2CCC(CNC3CC3)C2)c1Br. The highest BCUT2D eigenvalue weighted by molar-refractivity contribution is 9.10. The maximum absolute atomic E-state index is 6.15. The van der Waals surface area contributed by atoms with E-state index in [1.807, 2.05) is 12.1 Å². The van der Waals surface area contributed by atoms with Gasteiger partial charge in [-0.3, -0.25) is 0 Å². The highest BCUT2D eigenvalue weighted by Crippen LogP contribution is 2.35. The molecule has 0 radical (unpaired) electrons. The molecule has 0 spiro atoms. The van der Waals surface area contributed by atoms with Crippen molar-refractivity contribution < 1.29 is 0 Å². The van der Waals surface area contributed by atoms with Gasteiger partial charge in [0.1, 0.15) is 0 Å². The van der Waals surface area contributed by atoms with Crippen LogP contribution in [0.25, 0.3) is 0 Å². The van der Waals surface area contributed by atoms with Crippen molar-refractivity contribution in [2.75, 3.05) is 24.5 Å². The minimum absolute atomic E-state index is 0.775. The normalized spacial score (nSPS) is 23.7. The Bertz CT molecular complexity index is 434. The summed E-state index contributed by atoms with van der Waals surface area (Å²) in [7, 11) is 0. The molecule has 0 amide bonds. The lowest BCUT2D eigenvalue weighted by molar-refractivity contribution is 0.515. The smallest absolute Gasteiger partial charge is 0.0595 e. The summed E-state index contributed by atoms with van der Waals surface area (Å²) in [6.45, 7) is 3.44. The average Bonchev–Trinajstić information content (AvgIpc) is 3.08. The first-order valence-corrected chi connectivity index (χ1v) is 7.83. The van der Waals surface area contributed by atoms with E-state index < -0.39 is 0 Å². The quantitative estimate of drug-likeness (QED) is 0.906. The molecule has 3 rings (SSSR count). The average molecular weight is 330 g/mol. The van der Waals surface area contributed by atoms with Crippen molar-refractivity contribution in [2.45, 2.75) is 25.3 Å². The summed E-state index contributed by atoms with van der Waals surface area (Å²) in [5.74, 6) is 0.775. The van der Waals surface area contributed by atoms with Gasteiger partial charge in [-0.25, -0.2) is 0 Å². The number of nitrogens with zero attached hydrogens (tertiary/aromatic N) is 1. The van der Waals surface area contributed by atoms with Gasteiger partial charge in [-0.15, -0.1) is 0 Å². The van der Waals surface area contributed by atoms with Gasteiger partial charge in [0.15, 0.2) is 0 Å². The van der Waals surface area contributed by atoms with Crippen LogP contribution in [0, 0.1) is 5.92 Å². The van der Waals surface area contributed by atoms with Crippen LogP contribution in [0.1, 0.15) is 19.3 Å². The van der Waals surface area contributed by atoms with Crippen molar-refractivity contribution >= 4 is 33.2 Å². The van der Waals surface area contributed by atoms with Crippen molar-refractivity contribution in [1.29, 1.82) is 0 Å². The van der Waals surface area contributed by atoms with Crippen molar-refractivity contribution in [3.05, 3.63) is 27.7 Å². The Morgan fingerprint density at radius 1 is 1.33 bits per heavy atom. The lowest BCUT2D eigenvalue weighted by Gasteiger charge is -2.21. The Balaban J connectivity index is 1.61. The minimum atomic E-state index is 0.775. The molecule has 1 aliphatic carbocycles. The largest absolute Gasteiger partial charge is 0.370 e. The van der Waals surface area contributed by atoms with Gasteiger partial charge in [0.2, 0.25) is 0 Å². The third-order valence-corrected chi connectivity index (χ3v) is 5.21. The maximum atomic E-state index is 6.15. The van der Waals surface area contributed by atoms with Gasteiger partial charge < -0.3 is 10.2 Å². The minimum Gasteiger partial charge on any atom is -0.370 e.